The van der Waals surface area contributed by atoms with Gasteiger partial charge in [-0.2, -0.15) is 0 Å². The number of aryl methyl sites for hydroxylation is 2. The van der Waals surface area contributed by atoms with Crippen LogP contribution in [0.15, 0.2) is 0 Å². The Morgan fingerprint density at radius 3 is 2.22 bits per heavy atom. The van der Waals surface area contributed by atoms with Gasteiger partial charge >= 0.3 is 6.09 Å². The molecule has 1 N–H and O–H groups in total. The molecule has 23 heavy (non-hydrogen) atoms. The summed E-state index contributed by atoms with van der Waals surface area (Å²) in [5.74, 6) is 0.873. The summed E-state index contributed by atoms with van der Waals surface area (Å²) in [7, 11) is 0. The van der Waals surface area contributed by atoms with E-state index in [4.69, 9.17) is 4.74 Å². The molecule has 134 valence electrons. The van der Waals surface area contributed by atoms with E-state index in [1.54, 1.807) is 4.90 Å². The van der Waals surface area contributed by atoms with Gasteiger partial charge in [-0.05, 0) is 47.5 Å². The van der Waals surface area contributed by atoms with E-state index < -0.39 is 5.60 Å². The Kier molecular flexibility index (Phi) is 8.95. The van der Waals surface area contributed by atoms with Gasteiger partial charge in [-0.25, -0.2) is 9.78 Å². The van der Waals surface area contributed by atoms with Crippen molar-refractivity contribution in [2.24, 2.45) is 0 Å². The molecule has 0 radical (unpaired) electrons. The highest BCUT2D eigenvalue weighted by Crippen LogP contribution is 2.31. The van der Waals surface area contributed by atoms with Gasteiger partial charge in [-0.15, -0.1) is 0 Å². The number of hydrogen-bond acceptors (Lipinski definition) is 3. The number of ether oxygens (including phenoxy) is 1. The fourth-order valence-corrected chi connectivity index (χ4v) is 2.32. The lowest BCUT2D eigenvalue weighted by molar-refractivity contribution is 0.0218. The van der Waals surface area contributed by atoms with Crippen LogP contribution in [0.5, 0.6) is 0 Å². The number of likely N-dealkylation sites (tertiary alicyclic amines) is 1. The van der Waals surface area contributed by atoms with Crippen LogP contribution in [0.25, 0.3) is 0 Å². The number of nitrogens with one attached hydrogen (secondary N) is 1. The van der Waals surface area contributed by atoms with Crippen molar-refractivity contribution in [1.29, 1.82) is 0 Å². The molecule has 5 heteroatoms. The van der Waals surface area contributed by atoms with Crippen molar-refractivity contribution in [3.8, 4) is 0 Å². The number of H-pyrrole nitrogens is 1. The number of carbonyl (C=O) groups is 1. The molecular formula is C18H35N3O2. The second kappa shape index (κ2) is 9.58. The van der Waals surface area contributed by atoms with Crippen LogP contribution in [0.1, 0.15) is 84.6 Å². The summed E-state index contributed by atoms with van der Waals surface area (Å²) in [6, 6.07) is 0.0160. The van der Waals surface area contributed by atoms with Crippen LogP contribution < -0.4 is 0 Å². The highest BCUT2D eigenvalue weighted by atomic mass is 16.6. The normalized spacial score (nSPS) is 16.9. The third-order valence-corrected chi connectivity index (χ3v) is 3.34. The molecule has 1 aliphatic heterocycles. The number of aromatic amines is 1. The van der Waals surface area contributed by atoms with Gasteiger partial charge in [-0.3, -0.25) is 4.90 Å². The number of amides is 1. The standard InChI is InChI=1S/C14H23N3O2.2C2H6/c1-9-10(2)16-12(15-9)11-7-6-8-17(11)13(18)19-14(3,4)5;2*1-2/h11H,6-8H2,1-5H3,(H,15,16);2*1-2H3. The van der Waals surface area contributed by atoms with Crippen molar-refractivity contribution in [1.82, 2.24) is 14.9 Å². The Morgan fingerprint density at radius 2 is 1.78 bits per heavy atom. The van der Waals surface area contributed by atoms with Crippen molar-refractivity contribution in [3.63, 3.8) is 0 Å². The molecule has 0 bridgehead atoms. The molecule has 1 unspecified atom stereocenters. The van der Waals surface area contributed by atoms with Gasteiger partial charge in [0, 0.05) is 12.2 Å². The maximum Gasteiger partial charge on any atom is 0.410 e. The maximum atomic E-state index is 12.2. The molecular weight excluding hydrogens is 290 g/mol. The first-order valence-corrected chi connectivity index (χ1v) is 8.80. The smallest absolute Gasteiger partial charge is 0.410 e. The summed E-state index contributed by atoms with van der Waals surface area (Å²) in [4.78, 5) is 21.8. The van der Waals surface area contributed by atoms with Crippen molar-refractivity contribution in [2.75, 3.05) is 6.54 Å². The first kappa shape index (κ1) is 21.5. The predicted octanol–water partition coefficient (Wildman–Crippen LogP) is 5.15. The van der Waals surface area contributed by atoms with Crippen molar-refractivity contribution < 1.29 is 9.53 Å². The third kappa shape index (κ3) is 6.24. The number of aromatic nitrogens is 2. The molecule has 2 heterocycles. The van der Waals surface area contributed by atoms with Crippen LogP contribution in [-0.2, 0) is 4.74 Å². The number of nitrogens with zero attached hydrogens (tertiary/aromatic N) is 2. The summed E-state index contributed by atoms with van der Waals surface area (Å²) in [5, 5.41) is 0. The van der Waals surface area contributed by atoms with Crippen LogP contribution in [0.4, 0.5) is 4.79 Å². The minimum Gasteiger partial charge on any atom is -0.444 e. The number of imidazole rings is 1. The topological polar surface area (TPSA) is 58.2 Å². The molecule has 0 spiro atoms. The molecule has 1 saturated heterocycles. The zero-order chi connectivity index (χ0) is 18.2. The molecule has 2 rings (SSSR count). The zero-order valence-corrected chi connectivity index (χ0v) is 16.4. The Morgan fingerprint density at radius 1 is 1.22 bits per heavy atom. The lowest BCUT2D eigenvalue weighted by Gasteiger charge is -2.27. The predicted molar refractivity (Wildman–Crippen MR) is 95.7 cm³/mol. The first-order valence-electron chi connectivity index (χ1n) is 8.80. The average Bonchev–Trinajstić information content (AvgIpc) is 3.09. The molecule has 1 amide bonds. The third-order valence-electron chi connectivity index (χ3n) is 3.34. The summed E-state index contributed by atoms with van der Waals surface area (Å²) in [6.07, 6.45) is 1.68. The lowest BCUT2D eigenvalue weighted by Crippen LogP contribution is -2.36. The van der Waals surface area contributed by atoms with Gasteiger partial charge in [0.05, 0.1) is 11.7 Å². The largest absolute Gasteiger partial charge is 0.444 e. The highest BCUT2D eigenvalue weighted by molar-refractivity contribution is 5.69. The quantitative estimate of drug-likeness (QED) is 0.776. The van der Waals surface area contributed by atoms with E-state index in [9.17, 15) is 4.79 Å². The molecule has 1 atom stereocenters. The summed E-state index contributed by atoms with van der Waals surface area (Å²) < 4.78 is 5.46. The van der Waals surface area contributed by atoms with Crippen LogP contribution >= 0.6 is 0 Å². The van der Waals surface area contributed by atoms with E-state index in [0.29, 0.717) is 0 Å². The van der Waals surface area contributed by atoms with Crippen molar-refractivity contribution >= 4 is 6.09 Å². The van der Waals surface area contributed by atoms with E-state index in [0.717, 1.165) is 36.6 Å². The SMILES string of the molecule is CC.CC.Cc1nc(C2CCCN2C(=O)OC(C)(C)C)[nH]c1C. The van der Waals surface area contributed by atoms with Crippen LogP contribution in [0.2, 0.25) is 0 Å². The Bertz CT molecular complexity index is 456. The van der Waals surface area contributed by atoms with E-state index in [-0.39, 0.29) is 12.1 Å². The van der Waals surface area contributed by atoms with Gasteiger partial charge in [0.15, 0.2) is 0 Å². The highest BCUT2D eigenvalue weighted by Gasteiger charge is 2.34. The van der Waals surface area contributed by atoms with Gasteiger partial charge in [0.2, 0.25) is 0 Å². The van der Waals surface area contributed by atoms with E-state index in [2.05, 4.69) is 9.97 Å². The zero-order valence-electron chi connectivity index (χ0n) is 16.4. The lowest BCUT2D eigenvalue weighted by atomic mass is 10.2. The summed E-state index contributed by atoms with van der Waals surface area (Å²) >= 11 is 0. The van der Waals surface area contributed by atoms with Gasteiger partial charge in [0.25, 0.3) is 0 Å². The van der Waals surface area contributed by atoms with E-state index >= 15 is 0 Å². The second-order valence-corrected chi connectivity index (χ2v) is 6.16. The Labute approximate surface area is 141 Å². The van der Waals surface area contributed by atoms with Crippen LogP contribution in [0.3, 0.4) is 0 Å². The van der Waals surface area contributed by atoms with Crippen LogP contribution in [0, 0.1) is 13.8 Å². The fourth-order valence-electron chi connectivity index (χ4n) is 2.32. The minimum atomic E-state index is -0.459. The van der Waals surface area contributed by atoms with E-state index in [1.807, 2.05) is 62.3 Å². The number of rotatable bonds is 1. The number of hydrogen-bond donors (Lipinski definition) is 1. The fraction of sp³-hybridized carbons (Fsp3) is 0.778. The van der Waals surface area contributed by atoms with Crippen molar-refractivity contribution in [2.45, 2.75) is 86.8 Å². The molecule has 5 nitrogen and oxygen atoms in total. The van der Waals surface area contributed by atoms with Gasteiger partial charge < -0.3 is 9.72 Å². The molecule has 0 saturated carbocycles. The minimum absolute atomic E-state index is 0.0160. The van der Waals surface area contributed by atoms with E-state index in [1.165, 1.54) is 0 Å². The summed E-state index contributed by atoms with van der Waals surface area (Å²) in [5.41, 5.74) is 1.59. The Balaban J connectivity index is 0.00000112. The molecule has 1 aromatic heterocycles. The van der Waals surface area contributed by atoms with Gasteiger partial charge in [0.1, 0.15) is 11.4 Å². The van der Waals surface area contributed by atoms with Crippen LogP contribution in [-0.4, -0.2) is 33.1 Å². The number of carbonyl (C=O) groups excluding carboxylic acids is 1. The molecule has 1 fully saturated rings. The van der Waals surface area contributed by atoms with Gasteiger partial charge in [-0.1, -0.05) is 27.7 Å². The monoisotopic (exact) mass is 325 g/mol. The molecule has 1 aliphatic rings. The Hall–Kier alpha value is -1.52. The van der Waals surface area contributed by atoms with Crippen molar-refractivity contribution in [3.05, 3.63) is 17.2 Å². The second-order valence-electron chi connectivity index (χ2n) is 6.16. The summed E-state index contributed by atoms with van der Waals surface area (Å²) in [6.45, 7) is 18.4. The molecule has 1 aromatic rings. The first-order chi connectivity index (χ1) is 10.8. The molecule has 0 aromatic carbocycles. The molecule has 0 aliphatic carbocycles. The average molecular weight is 325 g/mol. The maximum absolute atomic E-state index is 12.2.